The van der Waals surface area contributed by atoms with Crippen molar-refractivity contribution in [3.8, 4) is 39.5 Å². The molecule has 0 unspecified atom stereocenters. The lowest BCUT2D eigenvalue weighted by atomic mass is 9.91. The van der Waals surface area contributed by atoms with Crippen LogP contribution in [-0.4, -0.2) is 13.4 Å². The molecule has 0 aliphatic carbocycles. The molecule has 4 heteroatoms. The average molecular weight is 404 g/mol. The van der Waals surface area contributed by atoms with Crippen LogP contribution in [0, 0.1) is 19.7 Å². The number of aryl methyl sites for hydroxylation is 2. The second-order valence-corrected chi connectivity index (χ2v) is 7.79. The Morgan fingerprint density at radius 1 is 0.900 bits per heavy atom. The molecule has 0 radical (unpaired) electrons. The summed E-state index contributed by atoms with van der Waals surface area (Å²) in [5.41, 5.74) is 7.36. The van der Waals surface area contributed by atoms with E-state index in [2.05, 4.69) is 19.1 Å². The fourth-order valence-corrected chi connectivity index (χ4v) is 3.59. The van der Waals surface area contributed by atoms with Crippen LogP contribution in [0.3, 0.4) is 0 Å². The van der Waals surface area contributed by atoms with Crippen molar-refractivity contribution in [3.05, 3.63) is 77.1 Å². The summed E-state index contributed by atoms with van der Waals surface area (Å²) in [5.74, 6) is 1.45. The lowest BCUT2D eigenvalue weighted by molar-refractivity contribution is 0.174. The maximum atomic E-state index is 14.6. The van der Waals surface area contributed by atoms with Crippen LogP contribution in [0.15, 0.2) is 60.2 Å². The monoisotopic (exact) mass is 404 g/mol. The Kier molecular flexibility index (Phi) is 5.49. The van der Waals surface area contributed by atoms with E-state index in [-0.39, 0.29) is 18.4 Å². The van der Waals surface area contributed by atoms with Crippen molar-refractivity contribution in [2.75, 3.05) is 13.4 Å². The van der Waals surface area contributed by atoms with Crippen LogP contribution >= 0.6 is 0 Å². The molecule has 4 rings (SSSR count). The number of allylic oxidation sites excluding steroid dienone is 1. The minimum Gasteiger partial charge on any atom is -0.486 e. The highest BCUT2D eigenvalue weighted by Crippen LogP contribution is 2.38. The van der Waals surface area contributed by atoms with Gasteiger partial charge >= 0.3 is 0 Å². The fourth-order valence-electron chi connectivity index (χ4n) is 3.59. The second kappa shape index (κ2) is 8.23. The van der Waals surface area contributed by atoms with E-state index in [1.807, 2.05) is 51.1 Å². The van der Waals surface area contributed by atoms with E-state index >= 15 is 0 Å². The number of halogens is 1. The Labute approximate surface area is 176 Å². The zero-order chi connectivity index (χ0) is 21.3. The predicted octanol–water partition coefficient (Wildman–Crippen LogP) is 6.85. The molecule has 154 valence electrons. The standard InChI is InChI=1S/C26H25FO3/c1-16(2)9-10-28-24-7-5-19(13-23(24)27)21-11-18(4)22(12-17(21)3)20-6-8-25-26(14-20)30-15-29-25/h5-9,11-14H,10,15H2,1-4H3. The van der Waals surface area contributed by atoms with Gasteiger partial charge in [0.2, 0.25) is 6.79 Å². The zero-order valence-electron chi connectivity index (χ0n) is 17.7. The third-order valence-corrected chi connectivity index (χ3v) is 5.23. The van der Waals surface area contributed by atoms with Crippen molar-refractivity contribution in [3.63, 3.8) is 0 Å². The summed E-state index contributed by atoms with van der Waals surface area (Å²) in [6.07, 6.45) is 1.93. The third kappa shape index (κ3) is 4.04. The van der Waals surface area contributed by atoms with Gasteiger partial charge in [-0.2, -0.15) is 0 Å². The van der Waals surface area contributed by atoms with Crippen molar-refractivity contribution in [1.82, 2.24) is 0 Å². The third-order valence-electron chi connectivity index (χ3n) is 5.23. The minimum atomic E-state index is -0.355. The zero-order valence-corrected chi connectivity index (χ0v) is 17.7. The Hall–Kier alpha value is -3.27. The molecule has 0 spiro atoms. The van der Waals surface area contributed by atoms with Gasteiger partial charge in [-0.3, -0.25) is 0 Å². The number of benzene rings is 3. The molecule has 0 N–H and O–H groups in total. The van der Waals surface area contributed by atoms with E-state index in [9.17, 15) is 4.39 Å². The van der Waals surface area contributed by atoms with Crippen molar-refractivity contribution in [1.29, 1.82) is 0 Å². The number of rotatable bonds is 5. The molecule has 1 aliphatic rings. The van der Waals surface area contributed by atoms with Gasteiger partial charge in [0.25, 0.3) is 0 Å². The van der Waals surface area contributed by atoms with Crippen LogP contribution in [0.25, 0.3) is 22.3 Å². The Balaban J connectivity index is 1.63. The first-order valence-electron chi connectivity index (χ1n) is 10.00. The highest BCUT2D eigenvalue weighted by atomic mass is 19.1. The van der Waals surface area contributed by atoms with E-state index in [1.54, 1.807) is 12.1 Å². The summed E-state index contributed by atoms with van der Waals surface area (Å²) < 4.78 is 31.0. The van der Waals surface area contributed by atoms with Crippen LogP contribution < -0.4 is 14.2 Å². The molecular formula is C26H25FO3. The van der Waals surface area contributed by atoms with Crippen LogP contribution in [-0.2, 0) is 0 Å². The molecule has 1 heterocycles. The molecule has 3 aromatic carbocycles. The van der Waals surface area contributed by atoms with E-state index in [4.69, 9.17) is 14.2 Å². The molecule has 0 aromatic heterocycles. The Morgan fingerprint density at radius 3 is 2.20 bits per heavy atom. The SMILES string of the molecule is CC(C)=CCOc1ccc(-c2cc(C)c(-c3ccc4c(c3)OCO4)cc2C)cc1F. The number of fused-ring (bicyclic) bond motifs is 1. The molecule has 3 nitrogen and oxygen atoms in total. The van der Waals surface area contributed by atoms with Gasteiger partial charge in [-0.1, -0.05) is 29.8 Å². The first-order valence-corrected chi connectivity index (χ1v) is 10.00. The van der Waals surface area contributed by atoms with Gasteiger partial charge in [0, 0.05) is 0 Å². The summed E-state index contributed by atoms with van der Waals surface area (Å²) in [6.45, 7) is 8.71. The molecule has 0 fully saturated rings. The van der Waals surface area contributed by atoms with Crippen LogP contribution in [0.2, 0.25) is 0 Å². The van der Waals surface area contributed by atoms with Crippen LogP contribution in [0.4, 0.5) is 4.39 Å². The highest BCUT2D eigenvalue weighted by Gasteiger charge is 2.16. The Bertz CT molecular complexity index is 1130. The molecule has 0 atom stereocenters. The molecule has 1 aliphatic heterocycles. The van der Waals surface area contributed by atoms with E-state index in [0.717, 1.165) is 50.5 Å². The maximum Gasteiger partial charge on any atom is 0.231 e. The molecule has 3 aromatic rings. The molecule has 0 bridgehead atoms. The van der Waals surface area contributed by atoms with Crippen LogP contribution in [0.5, 0.6) is 17.2 Å². The summed E-state index contributed by atoms with van der Waals surface area (Å²) in [6, 6.07) is 15.4. The summed E-state index contributed by atoms with van der Waals surface area (Å²) >= 11 is 0. The molecule has 30 heavy (non-hydrogen) atoms. The van der Waals surface area contributed by atoms with Gasteiger partial charge in [0.15, 0.2) is 23.1 Å². The van der Waals surface area contributed by atoms with Gasteiger partial charge in [-0.25, -0.2) is 4.39 Å². The summed E-state index contributed by atoms with van der Waals surface area (Å²) in [7, 11) is 0. The number of ether oxygens (including phenoxy) is 3. The normalized spacial score (nSPS) is 12.0. The largest absolute Gasteiger partial charge is 0.486 e. The van der Waals surface area contributed by atoms with Gasteiger partial charge in [0.1, 0.15) is 6.61 Å². The lowest BCUT2D eigenvalue weighted by Crippen LogP contribution is -1.97. The van der Waals surface area contributed by atoms with Crippen molar-refractivity contribution in [2.24, 2.45) is 0 Å². The first-order chi connectivity index (χ1) is 14.4. The van der Waals surface area contributed by atoms with Gasteiger partial charge < -0.3 is 14.2 Å². The fraction of sp³-hybridized carbons (Fsp3) is 0.231. The van der Waals surface area contributed by atoms with E-state index < -0.39 is 0 Å². The van der Waals surface area contributed by atoms with Crippen LogP contribution in [0.1, 0.15) is 25.0 Å². The lowest BCUT2D eigenvalue weighted by Gasteiger charge is -2.14. The quantitative estimate of drug-likeness (QED) is 0.435. The van der Waals surface area contributed by atoms with Crippen molar-refractivity contribution in [2.45, 2.75) is 27.7 Å². The molecule has 0 saturated heterocycles. The number of hydrogen-bond acceptors (Lipinski definition) is 3. The second-order valence-electron chi connectivity index (χ2n) is 7.79. The number of hydrogen-bond donors (Lipinski definition) is 0. The van der Waals surface area contributed by atoms with E-state index in [0.29, 0.717) is 6.61 Å². The molecule has 0 saturated carbocycles. The summed E-state index contributed by atoms with van der Waals surface area (Å²) in [5, 5.41) is 0. The van der Waals surface area contributed by atoms with Gasteiger partial charge in [-0.15, -0.1) is 0 Å². The van der Waals surface area contributed by atoms with Crippen molar-refractivity contribution >= 4 is 0 Å². The topological polar surface area (TPSA) is 27.7 Å². The molecule has 0 amide bonds. The highest BCUT2D eigenvalue weighted by molar-refractivity contribution is 5.77. The average Bonchev–Trinajstić information content (AvgIpc) is 3.18. The Morgan fingerprint density at radius 2 is 1.53 bits per heavy atom. The maximum absolute atomic E-state index is 14.6. The first kappa shape index (κ1) is 20.0. The van der Waals surface area contributed by atoms with Gasteiger partial charge in [-0.05, 0) is 91.4 Å². The molecular weight excluding hydrogens is 379 g/mol. The van der Waals surface area contributed by atoms with Crippen molar-refractivity contribution < 1.29 is 18.6 Å². The van der Waals surface area contributed by atoms with E-state index in [1.165, 1.54) is 0 Å². The van der Waals surface area contributed by atoms with Gasteiger partial charge in [0.05, 0.1) is 0 Å². The predicted molar refractivity (Wildman–Crippen MR) is 118 cm³/mol. The minimum absolute atomic E-state index is 0.259. The summed E-state index contributed by atoms with van der Waals surface area (Å²) in [4.78, 5) is 0. The smallest absolute Gasteiger partial charge is 0.231 e.